The smallest absolute Gasteiger partial charge is 0.319 e. The molecule has 0 aliphatic carbocycles. The zero-order chi connectivity index (χ0) is 17.6. The number of nitrogens with zero attached hydrogens (tertiary/aromatic N) is 1. The minimum absolute atomic E-state index is 0.196. The average molecular weight is 328 g/mol. The summed E-state index contributed by atoms with van der Waals surface area (Å²) in [5, 5.41) is 0. The summed E-state index contributed by atoms with van der Waals surface area (Å²) in [7, 11) is 1.67. The molecule has 4 heteroatoms. The summed E-state index contributed by atoms with van der Waals surface area (Å²) in [6.45, 7) is 6.52. The highest BCUT2D eigenvalue weighted by atomic mass is 16.8. The Kier molecular flexibility index (Phi) is 5.96. The molecular formula is C20H26NO3+. The van der Waals surface area contributed by atoms with E-state index in [9.17, 15) is 4.91 Å². The molecule has 0 fully saturated rings. The van der Waals surface area contributed by atoms with Gasteiger partial charge >= 0.3 is 5.69 Å². The minimum atomic E-state index is -0.196. The second kappa shape index (κ2) is 7.95. The summed E-state index contributed by atoms with van der Waals surface area (Å²) >= 11 is 0. The Bertz CT molecular complexity index is 695. The standard InChI is InChI=1S/C20H26NO3/c1-5-16-10-6-8-12-18(16)21(22)24-15-20(2,3)14-17-11-7-9-13-19(17)23-4/h6-13H,5,14-15H2,1-4H3/q+1. The van der Waals surface area contributed by atoms with Gasteiger partial charge in [-0.3, -0.25) is 0 Å². The van der Waals surface area contributed by atoms with Crippen LogP contribution in [0.3, 0.4) is 0 Å². The molecule has 0 radical (unpaired) electrons. The maximum Gasteiger partial charge on any atom is 0.319 e. The maximum atomic E-state index is 12.3. The van der Waals surface area contributed by atoms with E-state index >= 15 is 0 Å². The summed E-state index contributed by atoms with van der Waals surface area (Å²) in [6.07, 6.45) is 1.56. The predicted molar refractivity (Wildman–Crippen MR) is 95.5 cm³/mol. The van der Waals surface area contributed by atoms with Gasteiger partial charge in [0.1, 0.15) is 5.75 Å². The molecule has 0 spiro atoms. The molecule has 0 heterocycles. The number of rotatable bonds is 8. The van der Waals surface area contributed by atoms with Gasteiger partial charge in [0, 0.05) is 17.0 Å². The van der Waals surface area contributed by atoms with Gasteiger partial charge in [0.2, 0.25) is 0 Å². The molecular weight excluding hydrogens is 302 g/mol. The normalized spacial score (nSPS) is 11.2. The molecule has 0 bridgehead atoms. The van der Waals surface area contributed by atoms with E-state index in [4.69, 9.17) is 9.57 Å². The number of methoxy groups -OCH3 is 1. The van der Waals surface area contributed by atoms with E-state index in [1.807, 2.05) is 49.4 Å². The molecule has 2 rings (SSSR count). The SMILES string of the molecule is CCc1ccccc1[N+](=O)OCC(C)(C)Cc1ccccc1OC. The maximum absolute atomic E-state index is 12.3. The molecule has 128 valence electrons. The third-order valence-electron chi connectivity index (χ3n) is 4.00. The first-order valence-electron chi connectivity index (χ1n) is 8.27. The van der Waals surface area contributed by atoms with Crippen molar-refractivity contribution in [2.24, 2.45) is 5.41 Å². The molecule has 2 aromatic carbocycles. The first kappa shape index (κ1) is 18.0. The Labute approximate surface area is 143 Å². The highest BCUT2D eigenvalue weighted by Crippen LogP contribution is 2.29. The van der Waals surface area contributed by atoms with Gasteiger partial charge in [-0.05, 0) is 24.5 Å². The largest absolute Gasteiger partial charge is 0.496 e. The summed E-state index contributed by atoms with van der Waals surface area (Å²) in [4.78, 5) is 18.5. The topological polar surface area (TPSA) is 38.5 Å². The third kappa shape index (κ3) is 4.57. The molecule has 0 saturated carbocycles. The van der Waals surface area contributed by atoms with Gasteiger partial charge < -0.3 is 4.74 Å². The van der Waals surface area contributed by atoms with Crippen molar-refractivity contribution in [2.45, 2.75) is 33.6 Å². The lowest BCUT2D eigenvalue weighted by atomic mass is 9.86. The quantitative estimate of drug-likeness (QED) is 0.649. The van der Waals surface area contributed by atoms with Crippen LogP contribution in [0.5, 0.6) is 5.75 Å². The van der Waals surface area contributed by atoms with Gasteiger partial charge in [-0.1, -0.05) is 57.2 Å². The van der Waals surface area contributed by atoms with Crippen molar-refractivity contribution in [3.05, 3.63) is 64.6 Å². The number of ether oxygens (including phenoxy) is 1. The van der Waals surface area contributed by atoms with Crippen LogP contribution in [0, 0.1) is 10.3 Å². The van der Waals surface area contributed by atoms with Crippen LogP contribution in [-0.4, -0.2) is 18.6 Å². The molecule has 4 nitrogen and oxygen atoms in total. The second-order valence-electron chi connectivity index (χ2n) is 6.67. The van der Waals surface area contributed by atoms with Crippen LogP contribution in [0.1, 0.15) is 31.9 Å². The van der Waals surface area contributed by atoms with Crippen LogP contribution in [0.4, 0.5) is 5.69 Å². The number of benzene rings is 2. The lowest BCUT2D eigenvalue weighted by Crippen LogP contribution is -2.24. The van der Waals surface area contributed by atoms with E-state index in [1.54, 1.807) is 13.2 Å². The second-order valence-corrected chi connectivity index (χ2v) is 6.67. The number of hydrogen-bond acceptors (Lipinski definition) is 3. The Morgan fingerprint density at radius 1 is 1.00 bits per heavy atom. The molecule has 2 aromatic rings. The summed E-state index contributed by atoms with van der Waals surface area (Å²) in [5.41, 5.74) is 2.47. The van der Waals surface area contributed by atoms with Crippen LogP contribution < -0.4 is 4.74 Å². The lowest BCUT2D eigenvalue weighted by molar-refractivity contribution is -0.748. The summed E-state index contributed by atoms with van der Waals surface area (Å²) in [6, 6.07) is 15.5. The number of para-hydroxylation sites is 2. The highest BCUT2D eigenvalue weighted by Gasteiger charge is 2.27. The zero-order valence-electron chi connectivity index (χ0n) is 14.9. The fourth-order valence-electron chi connectivity index (χ4n) is 2.71. The van der Waals surface area contributed by atoms with Crippen LogP contribution >= 0.6 is 0 Å². The molecule has 0 N–H and O–H groups in total. The van der Waals surface area contributed by atoms with Crippen molar-refractivity contribution in [1.82, 2.24) is 0 Å². The van der Waals surface area contributed by atoms with Gasteiger partial charge in [0.25, 0.3) is 4.92 Å². The number of hydrogen-bond donors (Lipinski definition) is 0. The monoisotopic (exact) mass is 328 g/mol. The molecule has 0 aromatic heterocycles. The molecule has 0 atom stereocenters. The predicted octanol–water partition coefficient (Wildman–Crippen LogP) is 4.87. The number of aryl methyl sites for hydroxylation is 1. The fourth-order valence-corrected chi connectivity index (χ4v) is 2.71. The molecule has 0 aliphatic heterocycles. The van der Waals surface area contributed by atoms with Gasteiger partial charge in [-0.2, -0.15) is 0 Å². The van der Waals surface area contributed by atoms with Crippen LogP contribution in [0.15, 0.2) is 48.5 Å². The van der Waals surface area contributed by atoms with Gasteiger partial charge in [0.05, 0.1) is 12.0 Å². The van der Waals surface area contributed by atoms with Gasteiger partial charge in [0.15, 0.2) is 6.61 Å². The van der Waals surface area contributed by atoms with Crippen LogP contribution in [0.25, 0.3) is 0 Å². The molecule has 24 heavy (non-hydrogen) atoms. The van der Waals surface area contributed by atoms with Crippen LogP contribution in [0.2, 0.25) is 0 Å². The molecule has 0 unspecified atom stereocenters. The van der Waals surface area contributed by atoms with Crippen molar-refractivity contribution in [2.75, 3.05) is 13.7 Å². The molecule has 0 aliphatic rings. The summed E-state index contributed by atoms with van der Waals surface area (Å²) < 4.78 is 5.40. The van der Waals surface area contributed by atoms with Gasteiger partial charge in [-0.25, -0.2) is 4.84 Å². The lowest BCUT2D eigenvalue weighted by Gasteiger charge is -2.22. The van der Waals surface area contributed by atoms with Crippen molar-refractivity contribution in [1.29, 1.82) is 0 Å². The Hall–Kier alpha value is -2.36. The van der Waals surface area contributed by atoms with Crippen molar-refractivity contribution >= 4 is 5.69 Å². The van der Waals surface area contributed by atoms with Crippen molar-refractivity contribution in [3.8, 4) is 5.75 Å². The van der Waals surface area contributed by atoms with E-state index in [-0.39, 0.29) is 5.41 Å². The average Bonchev–Trinajstić information content (AvgIpc) is 2.60. The van der Waals surface area contributed by atoms with E-state index in [0.29, 0.717) is 17.2 Å². The van der Waals surface area contributed by atoms with Gasteiger partial charge in [-0.15, -0.1) is 0 Å². The summed E-state index contributed by atoms with van der Waals surface area (Å²) in [5.74, 6) is 0.862. The first-order chi connectivity index (χ1) is 11.5. The van der Waals surface area contributed by atoms with Crippen LogP contribution in [-0.2, 0) is 17.7 Å². The minimum Gasteiger partial charge on any atom is -0.496 e. The van der Waals surface area contributed by atoms with E-state index in [0.717, 1.165) is 29.7 Å². The van der Waals surface area contributed by atoms with E-state index < -0.39 is 0 Å². The Morgan fingerprint density at radius 3 is 2.29 bits per heavy atom. The van der Waals surface area contributed by atoms with Crippen molar-refractivity contribution < 1.29 is 14.5 Å². The Balaban J connectivity index is 2.03. The molecule has 0 saturated heterocycles. The molecule has 0 amide bonds. The fraction of sp³-hybridized carbons (Fsp3) is 0.400. The van der Waals surface area contributed by atoms with Crippen molar-refractivity contribution in [3.63, 3.8) is 0 Å². The zero-order valence-corrected chi connectivity index (χ0v) is 14.9. The third-order valence-corrected chi connectivity index (χ3v) is 4.00. The van der Waals surface area contributed by atoms with E-state index in [1.165, 1.54) is 0 Å². The first-order valence-corrected chi connectivity index (χ1v) is 8.27. The highest BCUT2D eigenvalue weighted by molar-refractivity contribution is 5.39. The van der Waals surface area contributed by atoms with E-state index in [2.05, 4.69) is 13.8 Å². The Morgan fingerprint density at radius 2 is 1.62 bits per heavy atom.